The lowest BCUT2D eigenvalue weighted by atomic mass is 9.99. The molecule has 2 bridgehead atoms. The number of benzene rings is 1. The average Bonchev–Trinajstić information content (AvgIpc) is 3.25. The molecule has 2 aliphatic rings. The van der Waals surface area contributed by atoms with E-state index in [9.17, 15) is 43.2 Å². The summed E-state index contributed by atoms with van der Waals surface area (Å²) in [7, 11) is 5.40. The first kappa shape index (κ1) is 50.1. The number of esters is 2. The zero-order chi connectivity index (χ0) is 47.7. The number of hydrogen-bond acceptors (Lipinski definition) is 14. The normalized spacial score (nSPS) is 27.5. The summed E-state index contributed by atoms with van der Waals surface area (Å²) in [4.78, 5) is 138. The fourth-order valence-corrected chi connectivity index (χ4v) is 7.54. The van der Waals surface area contributed by atoms with Gasteiger partial charge in [-0.15, -0.1) is 0 Å². The summed E-state index contributed by atoms with van der Waals surface area (Å²) in [6, 6.07) is -3.91. The van der Waals surface area contributed by atoms with Gasteiger partial charge in [0.2, 0.25) is 35.4 Å². The predicted octanol–water partition coefficient (Wildman–Crippen LogP) is -0.865. The van der Waals surface area contributed by atoms with E-state index in [4.69, 9.17) is 15.2 Å². The number of amides is 7. The Morgan fingerprint density at radius 3 is 1.62 bits per heavy atom. The summed E-state index contributed by atoms with van der Waals surface area (Å²) in [6.07, 6.45) is 3.97. The highest BCUT2D eigenvalue weighted by molar-refractivity contribution is 5.99. The molecule has 0 saturated heterocycles. The van der Waals surface area contributed by atoms with Crippen molar-refractivity contribution in [2.45, 2.75) is 103 Å². The number of nitrogens with two attached hydrogens (primary N) is 1. The second-order valence-electron chi connectivity index (χ2n) is 16.7. The van der Waals surface area contributed by atoms with Crippen LogP contribution in [0.15, 0.2) is 42.6 Å². The third kappa shape index (κ3) is 11.7. The topological polar surface area (TPSA) is 273 Å². The smallest absolute Gasteiger partial charge is 0.329 e. The molecule has 348 valence electrons. The Balaban J connectivity index is 1.84. The molecule has 0 aliphatic carbocycles. The monoisotopic (exact) mass is 892 g/mol. The van der Waals surface area contributed by atoms with Crippen LogP contribution in [-0.4, -0.2) is 173 Å². The van der Waals surface area contributed by atoms with E-state index >= 15 is 0 Å². The summed E-state index contributed by atoms with van der Waals surface area (Å²) in [5.41, 5.74) is 6.80. The molecule has 7 amide bonds. The third-order valence-electron chi connectivity index (χ3n) is 11.3. The van der Waals surface area contributed by atoms with E-state index in [1.807, 2.05) is 0 Å². The van der Waals surface area contributed by atoms with Crippen molar-refractivity contribution in [1.82, 2.24) is 45.5 Å². The molecule has 64 heavy (non-hydrogen) atoms. The van der Waals surface area contributed by atoms with Crippen LogP contribution in [0.5, 0.6) is 0 Å². The lowest BCUT2D eigenvalue weighted by Crippen LogP contribution is -2.59. The minimum atomic E-state index is -1.62. The van der Waals surface area contributed by atoms with Crippen LogP contribution < -0.4 is 21.7 Å². The predicted molar refractivity (Wildman–Crippen MR) is 230 cm³/mol. The molecule has 6 unspecified atom stereocenters. The Morgan fingerprint density at radius 2 is 1.14 bits per heavy atom. The van der Waals surface area contributed by atoms with E-state index < -0.39 is 127 Å². The zero-order valence-electron chi connectivity index (χ0n) is 37.9. The lowest BCUT2D eigenvalue weighted by Gasteiger charge is -2.37. The molecule has 3 heterocycles. The van der Waals surface area contributed by atoms with Gasteiger partial charge in [-0.25, -0.2) is 14.6 Å². The lowest BCUT2D eigenvalue weighted by molar-refractivity contribution is -0.160. The second-order valence-corrected chi connectivity index (χ2v) is 16.7. The molecule has 0 saturated carbocycles. The first-order valence-electron chi connectivity index (χ1n) is 21.0. The molecule has 2 aliphatic heterocycles. The van der Waals surface area contributed by atoms with E-state index in [0.29, 0.717) is 11.0 Å². The number of nitrogens with one attached hydrogen (secondary N) is 3. The van der Waals surface area contributed by atoms with Gasteiger partial charge in [0.15, 0.2) is 0 Å². The molecular weight excluding hydrogens is 833 g/mol. The SMILES string of the molecule is CC1NC(=O)C(N)COC(=O)C(C(C)C)N(C)C(=O)[C@@H]2C/C=C\C[C@@H](C(=O)N(C)C(C(C)C)C(=O)OCC(NC(=O)c3cnc4ccccc4n3)C(=O)NC(C)C(=O)N2C)N(C)C1=O. The number of likely N-dealkylation sites (N-methyl/N-ethyl adjacent to an activating group) is 4. The van der Waals surface area contributed by atoms with Crippen LogP contribution >= 0.6 is 0 Å². The molecule has 21 heteroatoms. The van der Waals surface area contributed by atoms with Crippen LogP contribution in [0.25, 0.3) is 11.0 Å². The first-order valence-corrected chi connectivity index (χ1v) is 21.0. The zero-order valence-corrected chi connectivity index (χ0v) is 37.9. The van der Waals surface area contributed by atoms with Gasteiger partial charge < -0.3 is 50.8 Å². The van der Waals surface area contributed by atoms with Gasteiger partial charge >= 0.3 is 11.9 Å². The molecule has 1 aromatic carbocycles. The second kappa shape index (κ2) is 21.7. The number of carbonyl (C=O) groups excluding carboxylic acids is 9. The van der Waals surface area contributed by atoms with Gasteiger partial charge in [-0.2, -0.15) is 0 Å². The Morgan fingerprint density at radius 1 is 0.688 bits per heavy atom. The number of fused-ring (bicyclic) bond motifs is 5. The Bertz CT molecular complexity index is 2150. The molecular formula is C43H60N10O11. The van der Waals surface area contributed by atoms with Crippen molar-refractivity contribution < 1.29 is 52.6 Å². The van der Waals surface area contributed by atoms with Gasteiger partial charge in [0.05, 0.1) is 17.2 Å². The maximum atomic E-state index is 14.5. The minimum Gasteiger partial charge on any atom is -0.462 e. The van der Waals surface area contributed by atoms with Gasteiger partial charge in [-0.3, -0.25) is 38.5 Å². The van der Waals surface area contributed by atoms with E-state index in [0.717, 1.165) is 19.6 Å². The van der Waals surface area contributed by atoms with Gasteiger partial charge in [0.25, 0.3) is 5.91 Å². The Hall–Kier alpha value is -6.51. The highest BCUT2D eigenvalue weighted by Gasteiger charge is 2.41. The van der Waals surface area contributed by atoms with Gasteiger partial charge in [0, 0.05) is 28.2 Å². The number of ether oxygens (including phenoxy) is 2. The number of cyclic esters (lactones) is 2. The minimum absolute atomic E-state index is 0.154. The summed E-state index contributed by atoms with van der Waals surface area (Å²) in [5, 5.41) is 7.57. The van der Waals surface area contributed by atoms with Crippen molar-refractivity contribution in [2.75, 3.05) is 41.4 Å². The number of rotatable bonds is 4. The number of para-hydroxylation sites is 2. The number of hydrogen-bond donors (Lipinski definition) is 4. The number of aromatic nitrogens is 2. The maximum absolute atomic E-state index is 14.5. The molecule has 1 aromatic heterocycles. The van der Waals surface area contributed by atoms with Crippen LogP contribution in [-0.2, 0) is 47.8 Å². The van der Waals surface area contributed by atoms with Gasteiger partial charge in [0.1, 0.15) is 67.2 Å². The van der Waals surface area contributed by atoms with Crippen LogP contribution in [0.2, 0.25) is 0 Å². The molecule has 4 rings (SSSR count). The summed E-state index contributed by atoms with van der Waals surface area (Å²) in [6.45, 7) is 8.04. The average molecular weight is 893 g/mol. The van der Waals surface area contributed by atoms with Crippen LogP contribution in [0, 0.1) is 11.8 Å². The van der Waals surface area contributed by atoms with E-state index in [2.05, 4.69) is 25.9 Å². The van der Waals surface area contributed by atoms with Gasteiger partial charge in [-0.1, -0.05) is 52.0 Å². The molecule has 0 radical (unpaired) electrons. The number of nitrogens with zero attached hydrogens (tertiary/aromatic N) is 6. The van der Waals surface area contributed by atoms with E-state index in [1.165, 1.54) is 54.3 Å². The molecule has 0 fully saturated rings. The van der Waals surface area contributed by atoms with Crippen LogP contribution in [0.1, 0.15) is 64.9 Å². The van der Waals surface area contributed by atoms with Crippen LogP contribution in [0.4, 0.5) is 0 Å². The highest BCUT2D eigenvalue weighted by Crippen LogP contribution is 2.21. The standard InChI is InChI=1S/C43H60N10O11/c1-22(2)33-42(61)63-20-26(44)35(54)46-24(5)38(57)50(7)31-17-13-14-18-32(40(59)52(33)9)51(8)39(58)25(6)47-37(56)30(21-64-43(62)34(23(3)4)53(10)41(31)60)49-36(55)29-19-45-27-15-11-12-16-28(27)48-29/h11-16,19,22-26,30-34H,17-18,20-21,44H2,1-10H3,(H,46,54)(H,47,56)(H,49,55)/b14-13-/t24?,25?,26?,30?,31-,32-,33?,34?/m0/s1. The molecule has 2 aromatic rings. The van der Waals surface area contributed by atoms with Crippen molar-refractivity contribution >= 4 is 64.3 Å². The Kier molecular flexibility index (Phi) is 17.0. The first-order chi connectivity index (χ1) is 30.1. The summed E-state index contributed by atoms with van der Waals surface area (Å²) < 4.78 is 11.1. The maximum Gasteiger partial charge on any atom is 0.329 e. The molecule has 8 atom stereocenters. The van der Waals surface area contributed by atoms with Crippen molar-refractivity contribution in [3.8, 4) is 0 Å². The van der Waals surface area contributed by atoms with Crippen molar-refractivity contribution in [3.63, 3.8) is 0 Å². The molecule has 21 nitrogen and oxygen atoms in total. The largest absolute Gasteiger partial charge is 0.462 e. The van der Waals surface area contributed by atoms with E-state index in [1.54, 1.807) is 58.0 Å². The number of carbonyl (C=O) groups is 9. The fourth-order valence-electron chi connectivity index (χ4n) is 7.54. The van der Waals surface area contributed by atoms with Crippen LogP contribution in [0.3, 0.4) is 0 Å². The molecule has 5 N–H and O–H groups in total. The highest BCUT2D eigenvalue weighted by atomic mass is 16.5. The fraction of sp³-hybridized carbons (Fsp3) is 0.558. The van der Waals surface area contributed by atoms with E-state index in [-0.39, 0.29) is 18.5 Å². The summed E-state index contributed by atoms with van der Waals surface area (Å²) in [5.74, 6) is -8.45. The molecule has 0 spiro atoms. The van der Waals surface area contributed by atoms with Gasteiger partial charge in [-0.05, 0) is 50.7 Å². The van der Waals surface area contributed by atoms with Crippen molar-refractivity contribution in [1.29, 1.82) is 0 Å². The van der Waals surface area contributed by atoms with Crippen molar-refractivity contribution in [3.05, 3.63) is 48.3 Å². The van der Waals surface area contributed by atoms with Crippen molar-refractivity contribution in [2.24, 2.45) is 17.6 Å². The summed E-state index contributed by atoms with van der Waals surface area (Å²) >= 11 is 0. The third-order valence-corrected chi connectivity index (χ3v) is 11.3. The Labute approximate surface area is 371 Å². The quantitative estimate of drug-likeness (QED) is 0.215.